The number of benzene rings is 1. The van der Waals surface area contributed by atoms with E-state index in [1.54, 1.807) is 12.1 Å². The molecule has 0 atom stereocenters. The van der Waals surface area contributed by atoms with Crippen LogP contribution in [0.4, 0.5) is 0 Å². The van der Waals surface area contributed by atoms with E-state index in [1.807, 2.05) is 12.1 Å². The fourth-order valence-corrected chi connectivity index (χ4v) is 1.73. The smallest absolute Gasteiger partial charge is 0.328 e. The second kappa shape index (κ2) is 4.07. The maximum atomic E-state index is 10.7. The highest BCUT2D eigenvalue weighted by Gasteiger charge is 2.27. The van der Waals surface area contributed by atoms with Gasteiger partial charge in [0.2, 0.25) is 0 Å². The number of carbonyl (C=O) groups is 1. The van der Waals surface area contributed by atoms with Gasteiger partial charge in [-0.1, -0.05) is 23.7 Å². The van der Waals surface area contributed by atoms with Crippen LogP contribution in [0.25, 0.3) is 5.57 Å². The summed E-state index contributed by atoms with van der Waals surface area (Å²) in [6, 6.07) is 7.31. The van der Waals surface area contributed by atoms with E-state index in [0.717, 1.165) is 24.0 Å². The summed E-state index contributed by atoms with van der Waals surface area (Å²) in [5, 5.41) is 9.44. The first-order valence-corrected chi connectivity index (χ1v) is 5.25. The molecule has 0 unspecified atom stereocenters. The summed E-state index contributed by atoms with van der Waals surface area (Å²) in [5.74, 6) is -0.464. The number of aliphatic carboxylic acids is 1. The molecule has 1 aliphatic carbocycles. The third-order valence-electron chi connectivity index (χ3n) is 2.47. The molecule has 2 nitrogen and oxygen atoms in total. The van der Waals surface area contributed by atoms with Gasteiger partial charge in [0.1, 0.15) is 0 Å². The Morgan fingerprint density at radius 2 is 1.93 bits per heavy atom. The largest absolute Gasteiger partial charge is 0.478 e. The van der Waals surface area contributed by atoms with Gasteiger partial charge in [0, 0.05) is 11.1 Å². The normalized spacial score (nSPS) is 16.5. The first kappa shape index (κ1) is 10.2. The Morgan fingerprint density at radius 3 is 2.40 bits per heavy atom. The maximum absolute atomic E-state index is 10.7. The van der Waals surface area contributed by atoms with Gasteiger partial charge in [-0.05, 0) is 42.0 Å². The Bertz CT molecular complexity index is 402. The van der Waals surface area contributed by atoms with Gasteiger partial charge in [-0.2, -0.15) is 0 Å². The van der Waals surface area contributed by atoms with Gasteiger partial charge in [-0.3, -0.25) is 0 Å². The summed E-state index contributed by atoms with van der Waals surface area (Å²) in [6.07, 6.45) is 3.48. The molecular formula is C12H11ClO2. The Balaban J connectivity index is 2.32. The molecule has 0 radical (unpaired) electrons. The predicted octanol–water partition coefficient (Wildman–Crippen LogP) is 3.22. The van der Waals surface area contributed by atoms with Crippen LogP contribution in [0.5, 0.6) is 0 Å². The predicted molar refractivity (Wildman–Crippen MR) is 59.8 cm³/mol. The Kier molecular flexibility index (Phi) is 2.78. The van der Waals surface area contributed by atoms with Crippen LogP contribution in [0, 0.1) is 5.92 Å². The quantitative estimate of drug-likeness (QED) is 0.798. The molecule has 78 valence electrons. The van der Waals surface area contributed by atoms with Gasteiger partial charge in [0.25, 0.3) is 0 Å². The zero-order valence-electron chi connectivity index (χ0n) is 8.11. The van der Waals surface area contributed by atoms with Crippen molar-refractivity contribution in [3.8, 4) is 0 Å². The number of hydrogen-bond acceptors (Lipinski definition) is 1. The summed E-state index contributed by atoms with van der Waals surface area (Å²) in [5.41, 5.74) is 1.88. The van der Waals surface area contributed by atoms with Crippen LogP contribution in [-0.2, 0) is 4.79 Å². The molecule has 15 heavy (non-hydrogen) atoms. The summed E-state index contributed by atoms with van der Waals surface area (Å²) >= 11 is 5.78. The molecule has 1 N–H and O–H groups in total. The third-order valence-corrected chi connectivity index (χ3v) is 2.73. The van der Waals surface area contributed by atoms with Crippen molar-refractivity contribution in [2.24, 2.45) is 5.92 Å². The maximum Gasteiger partial charge on any atom is 0.328 e. The zero-order valence-corrected chi connectivity index (χ0v) is 8.87. The van der Waals surface area contributed by atoms with Crippen LogP contribution >= 0.6 is 11.6 Å². The fraction of sp³-hybridized carbons (Fsp3) is 0.250. The Morgan fingerprint density at radius 1 is 1.33 bits per heavy atom. The van der Waals surface area contributed by atoms with E-state index in [0.29, 0.717) is 10.9 Å². The molecule has 1 saturated carbocycles. The first-order chi connectivity index (χ1) is 7.16. The van der Waals surface area contributed by atoms with Crippen LogP contribution in [0.15, 0.2) is 30.3 Å². The molecule has 1 aromatic rings. The summed E-state index contributed by atoms with van der Waals surface area (Å²) in [6.45, 7) is 0. The van der Waals surface area contributed by atoms with Crippen molar-refractivity contribution in [3.63, 3.8) is 0 Å². The molecule has 0 aliphatic heterocycles. The van der Waals surface area contributed by atoms with Crippen molar-refractivity contribution < 1.29 is 9.90 Å². The van der Waals surface area contributed by atoms with Crippen LogP contribution in [-0.4, -0.2) is 11.1 Å². The molecular weight excluding hydrogens is 212 g/mol. The molecule has 1 aliphatic rings. The SMILES string of the molecule is O=C(O)/C=C(\c1ccc(Cl)cc1)C1CC1. The number of rotatable bonds is 3. The van der Waals surface area contributed by atoms with Crippen LogP contribution in [0.3, 0.4) is 0 Å². The van der Waals surface area contributed by atoms with E-state index in [1.165, 1.54) is 6.08 Å². The molecule has 0 bridgehead atoms. The number of carboxylic acid groups (broad SMARTS) is 1. The van der Waals surface area contributed by atoms with Crippen LogP contribution in [0.2, 0.25) is 5.02 Å². The van der Waals surface area contributed by atoms with E-state index < -0.39 is 5.97 Å². The minimum absolute atomic E-state index is 0.419. The molecule has 1 aromatic carbocycles. The highest BCUT2D eigenvalue weighted by atomic mass is 35.5. The van der Waals surface area contributed by atoms with Gasteiger partial charge in [-0.15, -0.1) is 0 Å². The van der Waals surface area contributed by atoms with Crippen LogP contribution < -0.4 is 0 Å². The van der Waals surface area contributed by atoms with Crippen molar-refractivity contribution in [2.45, 2.75) is 12.8 Å². The number of allylic oxidation sites excluding steroid dienone is 1. The average molecular weight is 223 g/mol. The lowest BCUT2D eigenvalue weighted by Crippen LogP contribution is -1.94. The number of hydrogen-bond donors (Lipinski definition) is 1. The van der Waals surface area contributed by atoms with Gasteiger partial charge in [0.05, 0.1) is 0 Å². The van der Waals surface area contributed by atoms with Gasteiger partial charge in [-0.25, -0.2) is 4.79 Å². The molecule has 1 fully saturated rings. The van der Waals surface area contributed by atoms with Gasteiger partial charge in [0.15, 0.2) is 0 Å². The molecule has 0 spiro atoms. The highest BCUT2D eigenvalue weighted by molar-refractivity contribution is 6.30. The molecule has 2 rings (SSSR count). The van der Waals surface area contributed by atoms with E-state index in [-0.39, 0.29) is 0 Å². The molecule has 0 saturated heterocycles. The number of halogens is 1. The van der Waals surface area contributed by atoms with Gasteiger partial charge < -0.3 is 5.11 Å². The fourth-order valence-electron chi connectivity index (χ4n) is 1.61. The Hall–Kier alpha value is -1.28. The lowest BCUT2D eigenvalue weighted by atomic mass is 10.0. The van der Waals surface area contributed by atoms with Crippen LogP contribution in [0.1, 0.15) is 18.4 Å². The zero-order chi connectivity index (χ0) is 10.8. The minimum atomic E-state index is -0.883. The summed E-state index contributed by atoms with van der Waals surface area (Å²) in [7, 11) is 0. The molecule has 0 amide bonds. The third kappa shape index (κ3) is 2.60. The van der Waals surface area contributed by atoms with Crippen molar-refractivity contribution in [1.29, 1.82) is 0 Å². The first-order valence-electron chi connectivity index (χ1n) is 4.87. The van der Waals surface area contributed by atoms with E-state index in [2.05, 4.69) is 0 Å². The highest BCUT2D eigenvalue weighted by Crippen LogP contribution is 2.41. The minimum Gasteiger partial charge on any atom is -0.478 e. The van der Waals surface area contributed by atoms with E-state index >= 15 is 0 Å². The summed E-state index contributed by atoms with van der Waals surface area (Å²) < 4.78 is 0. The van der Waals surface area contributed by atoms with Crippen molar-refractivity contribution in [3.05, 3.63) is 40.9 Å². The van der Waals surface area contributed by atoms with E-state index in [4.69, 9.17) is 16.7 Å². The topological polar surface area (TPSA) is 37.3 Å². The van der Waals surface area contributed by atoms with Gasteiger partial charge >= 0.3 is 5.97 Å². The Labute approximate surface area is 93.2 Å². The monoisotopic (exact) mass is 222 g/mol. The van der Waals surface area contributed by atoms with E-state index in [9.17, 15) is 4.79 Å². The summed E-state index contributed by atoms with van der Waals surface area (Å²) in [4.78, 5) is 10.7. The van der Waals surface area contributed by atoms with Crippen molar-refractivity contribution >= 4 is 23.1 Å². The van der Waals surface area contributed by atoms with Crippen molar-refractivity contribution in [1.82, 2.24) is 0 Å². The number of carboxylic acids is 1. The second-order valence-electron chi connectivity index (χ2n) is 3.72. The molecule has 0 heterocycles. The lowest BCUT2D eigenvalue weighted by molar-refractivity contribution is -0.131. The second-order valence-corrected chi connectivity index (χ2v) is 4.16. The molecule has 3 heteroatoms. The average Bonchev–Trinajstić information content (AvgIpc) is 2.99. The van der Waals surface area contributed by atoms with Crippen molar-refractivity contribution in [2.75, 3.05) is 0 Å². The lowest BCUT2D eigenvalue weighted by Gasteiger charge is -2.05. The molecule has 0 aromatic heterocycles. The standard InChI is InChI=1S/C12H11ClO2/c13-10-5-3-9(4-6-10)11(7-12(14)15)8-1-2-8/h3-8H,1-2H2,(H,14,15)/b11-7-.